The van der Waals surface area contributed by atoms with Crippen LogP contribution in [0, 0.1) is 0 Å². The number of aromatic amines is 1. The van der Waals surface area contributed by atoms with Gasteiger partial charge in [0.05, 0.1) is 11.0 Å². The molecule has 0 radical (unpaired) electrons. The smallest absolute Gasteiger partial charge is 0.203 e. The Morgan fingerprint density at radius 1 is 1.16 bits per heavy atom. The van der Waals surface area contributed by atoms with E-state index in [0.29, 0.717) is 0 Å². The number of nitrogens with one attached hydrogen (secondary N) is 1. The molecule has 1 N–H and O–H groups in total. The second-order valence-corrected chi connectivity index (χ2v) is 5.48. The van der Waals surface area contributed by atoms with Crippen LogP contribution in [0.15, 0.2) is 53.0 Å². The van der Waals surface area contributed by atoms with Crippen LogP contribution in [0.1, 0.15) is 5.56 Å². The number of H-pyrrole nitrogens is 1. The minimum Gasteiger partial charge on any atom is -0.341 e. The molecule has 0 atom stereocenters. The van der Waals surface area contributed by atoms with Crippen molar-refractivity contribution in [3.63, 3.8) is 0 Å². The number of hydrogen-bond acceptors (Lipinski definition) is 2. The number of nitrogens with zero attached hydrogens (tertiary/aromatic N) is 2. The lowest BCUT2D eigenvalue weighted by molar-refractivity contribution is 0.884. The number of aromatic nitrogens is 2. The summed E-state index contributed by atoms with van der Waals surface area (Å²) in [5, 5.41) is 0. The molecule has 2 aromatic carbocycles. The molecule has 0 unspecified atom stereocenters. The van der Waals surface area contributed by atoms with E-state index in [2.05, 4.69) is 42.9 Å². The lowest BCUT2D eigenvalue weighted by Crippen LogP contribution is -2.17. The Bertz CT molecular complexity index is 672. The Labute approximate surface area is 120 Å². The van der Waals surface area contributed by atoms with Crippen LogP contribution < -0.4 is 4.90 Å². The largest absolute Gasteiger partial charge is 0.341 e. The summed E-state index contributed by atoms with van der Waals surface area (Å²) in [5.41, 5.74) is 3.31. The molecule has 0 bridgehead atoms. The first-order chi connectivity index (χ1) is 9.22. The zero-order valence-corrected chi connectivity index (χ0v) is 12.2. The van der Waals surface area contributed by atoms with Crippen LogP contribution in [0.25, 0.3) is 11.0 Å². The Balaban J connectivity index is 1.85. The highest BCUT2D eigenvalue weighted by Gasteiger charge is 2.07. The van der Waals surface area contributed by atoms with Gasteiger partial charge in [0.1, 0.15) is 0 Å². The molecule has 0 aliphatic heterocycles. The zero-order chi connectivity index (χ0) is 13.2. The van der Waals surface area contributed by atoms with Crippen molar-refractivity contribution in [1.29, 1.82) is 0 Å². The van der Waals surface area contributed by atoms with Gasteiger partial charge in [0.2, 0.25) is 5.95 Å². The van der Waals surface area contributed by atoms with Gasteiger partial charge in [-0.05, 0) is 29.8 Å². The van der Waals surface area contributed by atoms with Gasteiger partial charge in [0.25, 0.3) is 0 Å². The fourth-order valence-electron chi connectivity index (χ4n) is 2.10. The van der Waals surface area contributed by atoms with Crippen LogP contribution in [0.5, 0.6) is 0 Å². The predicted octanol–water partition coefficient (Wildman–Crippen LogP) is 3.96. The summed E-state index contributed by atoms with van der Waals surface area (Å²) in [6.45, 7) is 0.819. The third kappa shape index (κ3) is 2.63. The molecule has 0 amide bonds. The van der Waals surface area contributed by atoms with Gasteiger partial charge in [-0.2, -0.15) is 0 Å². The number of hydrogen-bond donors (Lipinski definition) is 1. The van der Waals surface area contributed by atoms with Crippen molar-refractivity contribution in [1.82, 2.24) is 9.97 Å². The lowest BCUT2D eigenvalue weighted by Gasteiger charge is -2.15. The second kappa shape index (κ2) is 5.05. The quantitative estimate of drug-likeness (QED) is 0.793. The number of rotatable bonds is 3. The third-order valence-corrected chi connectivity index (χ3v) is 3.54. The zero-order valence-electron chi connectivity index (χ0n) is 10.6. The molecule has 0 fully saturated rings. The summed E-state index contributed by atoms with van der Waals surface area (Å²) in [5.74, 6) is 0.890. The van der Waals surface area contributed by atoms with E-state index in [9.17, 15) is 0 Å². The topological polar surface area (TPSA) is 31.9 Å². The van der Waals surface area contributed by atoms with Crippen LogP contribution in [0.4, 0.5) is 5.95 Å². The fourth-order valence-corrected chi connectivity index (χ4v) is 2.55. The number of benzene rings is 2. The summed E-state index contributed by atoms with van der Waals surface area (Å²) < 4.78 is 1.10. The van der Waals surface area contributed by atoms with Crippen molar-refractivity contribution in [2.24, 2.45) is 0 Å². The van der Waals surface area contributed by atoms with Crippen LogP contribution in [-0.4, -0.2) is 17.0 Å². The Kier molecular flexibility index (Phi) is 3.25. The fraction of sp³-hybridized carbons (Fsp3) is 0.133. The standard InChI is InChI=1S/C15H14BrN3/c1-19(10-11-5-4-6-12(16)9-11)15-17-13-7-2-3-8-14(13)18-15/h2-9H,10H2,1H3,(H,17,18). The summed E-state index contributed by atoms with van der Waals surface area (Å²) >= 11 is 3.49. The number of para-hydroxylation sites is 2. The average molecular weight is 316 g/mol. The molecule has 0 saturated carbocycles. The van der Waals surface area contributed by atoms with Gasteiger partial charge < -0.3 is 9.88 Å². The average Bonchev–Trinajstić information content (AvgIpc) is 2.82. The summed E-state index contributed by atoms with van der Waals surface area (Å²) in [7, 11) is 2.04. The van der Waals surface area contributed by atoms with Gasteiger partial charge in [-0.3, -0.25) is 0 Å². The Morgan fingerprint density at radius 3 is 2.79 bits per heavy atom. The molecule has 1 aromatic heterocycles. The molecule has 96 valence electrons. The molecule has 3 rings (SSSR count). The van der Waals surface area contributed by atoms with E-state index in [-0.39, 0.29) is 0 Å². The summed E-state index contributed by atoms with van der Waals surface area (Å²) in [6, 6.07) is 16.4. The Morgan fingerprint density at radius 2 is 2.00 bits per heavy atom. The van der Waals surface area contributed by atoms with Gasteiger partial charge in [0, 0.05) is 18.1 Å². The van der Waals surface area contributed by atoms with Crippen molar-refractivity contribution in [3.8, 4) is 0 Å². The maximum atomic E-state index is 4.59. The lowest BCUT2D eigenvalue weighted by atomic mass is 10.2. The van der Waals surface area contributed by atoms with E-state index in [4.69, 9.17) is 0 Å². The predicted molar refractivity (Wildman–Crippen MR) is 82.3 cm³/mol. The van der Waals surface area contributed by atoms with Crippen molar-refractivity contribution < 1.29 is 0 Å². The van der Waals surface area contributed by atoms with E-state index in [0.717, 1.165) is 28.0 Å². The minimum absolute atomic E-state index is 0.819. The highest BCUT2D eigenvalue weighted by Crippen LogP contribution is 2.19. The molecular weight excluding hydrogens is 302 g/mol. The molecule has 0 spiro atoms. The van der Waals surface area contributed by atoms with Crippen LogP contribution >= 0.6 is 15.9 Å². The van der Waals surface area contributed by atoms with Crippen LogP contribution in [-0.2, 0) is 6.54 Å². The second-order valence-electron chi connectivity index (χ2n) is 4.56. The molecule has 0 aliphatic carbocycles. The summed E-state index contributed by atoms with van der Waals surface area (Å²) in [4.78, 5) is 10.0. The number of halogens is 1. The van der Waals surface area contributed by atoms with Gasteiger partial charge >= 0.3 is 0 Å². The normalized spacial score (nSPS) is 10.8. The Hall–Kier alpha value is -1.81. The van der Waals surface area contributed by atoms with Crippen molar-refractivity contribution in [3.05, 3.63) is 58.6 Å². The molecule has 3 nitrogen and oxygen atoms in total. The molecule has 3 aromatic rings. The van der Waals surface area contributed by atoms with E-state index >= 15 is 0 Å². The first-order valence-electron chi connectivity index (χ1n) is 6.13. The first-order valence-corrected chi connectivity index (χ1v) is 6.92. The molecule has 1 heterocycles. The van der Waals surface area contributed by atoms with E-state index in [1.54, 1.807) is 0 Å². The highest BCUT2D eigenvalue weighted by molar-refractivity contribution is 9.10. The first kappa shape index (κ1) is 12.2. The number of anilines is 1. The van der Waals surface area contributed by atoms with Gasteiger partial charge in [-0.1, -0.05) is 40.2 Å². The van der Waals surface area contributed by atoms with E-state index in [1.165, 1.54) is 5.56 Å². The number of fused-ring (bicyclic) bond motifs is 1. The highest BCUT2D eigenvalue weighted by atomic mass is 79.9. The maximum absolute atomic E-state index is 4.59. The molecular formula is C15H14BrN3. The van der Waals surface area contributed by atoms with Crippen molar-refractivity contribution in [2.45, 2.75) is 6.54 Å². The van der Waals surface area contributed by atoms with Gasteiger partial charge in [0.15, 0.2) is 0 Å². The van der Waals surface area contributed by atoms with Crippen LogP contribution in [0.3, 0.4) is 0 Å². The van der Waals surface area contributed by atoms with Gasteiger partial charge in [-0.15, -0.1) is 0 Å². The van der Waals surface area contributed by atoms with E-state index < -0.39 is 0 Å². The molecule has 19 heavy (non-hydrogen) atoms. The molecule has 0 saturated heterocycles. The van der Waals surface area contributed by atoms with Gasteiger partial charge in [-0.25, -0.2) is 4.98 Å². The molecule has 0 aliphatic rings. The van der Waals surface area contributed by atoms with E-state index in [1.807, 2.05) is 43.4 Å². The summed E-state index contributed by atoms with van der Waals surface area (Å²) in [6.07, 6.45) is 0. The SMILES string of the molecule is CN(Cc1cccc(Br)c1)c1nc2ccccc2[nH]1. The number of imidazole rings is 1. The monoisotopic (exact) mass is 315 g/mol. The maximum Gasteiger partial charge on any atom is 0.203 e. The van der Waals surface area contributed by atoms with Crippen LogP contribution in [0.2, 0.25) is 0 Å². The minimum atomic E-state index is 0.819. The van der Waals surface area contributed by atoms with Crippen molar-refractivity contribution >= 4 is 32.9 Å². The molecule has 4 heteroatoms. The third-order valence-electron chi connectivity index (χ3n) is 3.05. The van der Waals surface area contributed by atoms with Crippen molar-refractivity contribution in [2.75, 3.05) is 11.9 Å².